The van der Waals surface area contributed by atoms with Crippen molar-refractivity contribution in [2.45, 2.75) is 43.2 Å². The predicted molar refractivity (Wildman–Crippen MR) is 120 cm³/mol. The number of esters is 1. The number of thioether (sulfide) groups is 1. The number of carbonyl (C=O) groups excluding carboxylic acids is 1. The number of sulfonamides is 1. The van der Waals surface area contributed by atoms with Gasteiger partial charge in [-0.2, -0.15) is 5.10 Å². The maximum atomic E-state index is 13.0. The smallest absolute Gasteiger partial charge is 0.365 e. The second kappa shape index (κ2) is 8.93. The maximum Gasteiger partial charge on any atom is 0.365 e. The number of hydrogen-bond donors (Lipinski definition) is 3. The molecule has 32 heavy (non-hydrogen) atoms. The fourth-order valence-corrected chi connectivity index (χ4v) is 6.15. The van der Waals surface area contributed by atoms with Gasteiger partial charge in [0.25, 0.3) is 0 Å². The molecule has 2 heterocycles. The number of aliphatic hydroxyl groups excluding tert-OH is 1. The summed E-state index contributed by atoms with van der Waals surface area (Å²) in [5, 5.41) is 19.0. The highest BCUT2D eigenvalue weighted by Gasteiger charge is 2.40. The highest BCUT2D eigenvalue weighted by atomic mass is 32.2. The fourth-order valence-electron chi connectivity index (χ4n) is 3.85. The summed E-state index contributed by atoms with van der Waals surface area (Å²) in [6, 6.07) is 4.90. The summed E-state index contributed by atoms with van der Waals surface area (Å²) in [7, 11) is -2.43. The van der Waals surface area contributed by atoms with Crippen molar-refractivity contribution in [2.75, 3.05) is 20.3 Å². The van der Waals surface area contributed by atoms with Crippen LogP contribution >= 0.6 is 11.8 Å². The van der Waals surface area contributed by atoms with Gasteiger partial charge in [-0.25, -0.2) is 22.9 Å². The van der Waals surface area contributed by atoms with Crippen LogP contribution < -0.4 is 14.8 Å². The topological polar surface area (TPSA) is 130 Å². The average molecular weight is 483 g/mol. The quantitative estimate of drug-likeness (QED) is 0.469. The van der Waals surface area contributed by atoms with E-state index in [1.54, 1.807) is 30.1 Å². The molecule has 0 aromatic heterocycles. The number of methoxy groups -OCH3 is 1. The molecule has 0 spiro atoms. The van der Waals surface area contributed by atoms with Crippen LogP contribution in [0.25, 0.3) is 5.70 Å². The van der Waals surface area contributed by atoms with Crippen LogP contribution in [0.3, 0.4) is 0 Å². The van der Waals surface area contributed by atoms with Gasteiger partial charge in [0.15, 0.2) is 5.50 Å². The number of ether oxygens (including phenoxy) is 2. The lowest BCUT2D eigenvalue weighted by molar-refractivity contribution is -0.134. The van der Waals surface area contributed by atoms with Crippen LogP contribution in [0, 0.1) is 5.92 Å². The Bertz CT molecular complexity index is 1080. The van der Waals surface area contributed by atoms with Crippen LogP contribution in [-0.4, -0.2) is 61.4 Å². The maximum absolute atomic E-state index is 13.0. The number of rotatable bonds is 8. The second-order valence-electron chi connectivity index (χ2n) is 7.77. The van der Waals surface area contributed by atoms with Crippen molar-refractivity contribution < 1.29 is 27.8 Å². The highest BCUT2D eigenvalue weighted by molar-refractivity contribution is 8.16. The van der Waals surface area contributed by atoms with Crippen molar-refractivity contribution in [1.82, 2.24) is 15.0 Å². The van der Waals surface area contributed by atoms with Gasteiger partial charge in [0, 0.05) is 17.8 Å². The van der Waals surface area contributed by atoms with Crippen molar-refractivity contribution in [3.63, 3.8) is 0 Å². The molecule has 1 aromatic rings. The van der Waals surface area contributed by atoms with Gasteiger partial charge < -0.3 is 19.9 Å². The molecule has 1 aromatic carbocycles. The summed E-state index contributed by atoms with van der Waals surface area (Å²) in [6.07, 6.45) is 0.830. The largest absolute Gasteiger partial charge is 0.495 e. The Morgan fingerprint density at radius 1 is 1.41 bits per heavy atom. The van der Waals surface area contributed by atoms with Gasteiger partial charge in [-0.3, -0.25) is 0 Å². The van der Waals surface area contributed by atoms with Crippen molar-refractivity contribution in [3.8, 4) is 5.75 Å². The minimum atomic E-state index is -3.85. The third-order valence-electron chi connectivity index (χ3n) is 5.52. The van der Waals surface area contributed by atoms with Gasteiger partial charge in [0.05, 0.1) is 25.5 Å². The van der Waals surface area contributed by atoms with Crippen molar-refractivity contribution in [3.05, 3.63) is 29.5 Å². The number of hydrazone groups is 1. The number of aliphatic hydroxyl groups is 1. The molecular formula is C20H26N4O6S2. The zero-order valence-corrected chi connectivity index (χ0v) is 19.6. The summed E-state index contributed by atoms with van der Waals surface area (Å²) in [4.78, 5) is 12.1. The molecule has 1 fully saturated rings. The second-order valence-corrected chi connectivity index (χ2v) is 10.6. The van der Waals surface area contributed by atoms with Crippen LogP contribution in [0.1, 0.15) is 32.3 Å². The minimum absolute atomic E-state index is 0.0163. The van der Waals surface area contributed by atoms with Crippen LogP contribution in [0.5, 0.6) is 5.75 Å². The van der Waals surface area contributed by atoms with Crippen molar-refractivity contribution >= 4 is 38.5 Å². The SMILES string of the molecule is CCOC(=O)C1=NN2C(c3ccc(OC)c(S(=O)(=O)NC[C@H]4C[C@H](O)C4)c3)=C(C)NC2S1. The lowest BCUT2D eigenvalue weighted by Gasteiger charge is -2.31. The molecule has 1 atom stereocenters. The number of nitrogens with one attached hydrogen (secondary N) is 2. The zero-order chi connectivity index (χ0) is 23.0. The van der Waals surface area contributed by atoms with Crippen LogP contribution in [0.15, 0.2) is 33.9 Å². The molecule has 3 N–H and O–H groups in total. The number of allylic oxidation sites excluding steroid dienone is 1. The van der Waals surface area contributed by atoms with E-state index in [0.29, 0.717) is 24.1 Å². The lowest BCUT2D eigenvalue weighted by Crippen LogP contribution is -2.38. The Labute approximate surface area is 191 Å². The summed E-state index contributed by atoms with van der Waals surface area (Å²) in [5.74, 6) is -0.146. The van der Waals surface area contributed by atoms with E-state index in [2.05, 4.69) is 15.1 Å². The lowest BCUT2D eigenvalue weighted by atomic mass is 9.83. The van der Waals surface area contributed by atoms with Gasteiger partial charge in [0.2, 0.25) is 15.1 Å². The number of hydrogen-bond acceptors (Lipinski definition) is 10. The third-order valence-corrected chi connectivity index (χ3v) is 7.97. The Kier molecular flexibility index (Phi) is 6.39. The van der Waals surface area contributed by atoms with E-state index in [-0.39, 0.29) is 46.4 Å². The first-order chi connectivity index (χ1) is 15.2. The van der Waals surface area contributed by atoms with Gasteiger partial charge in [0.1, 0.15) is 10.6 Å². The van der Waals surface area contributed by atoms with E-state index in [4.69, 9.17) is 9.47 Å². The summed E-state index contributed by atoms with van der Waals surface area (Å²) < 4.78 is 39.0. The van der Waals surface area contributed by atoms with E-state index in [1.165, 1.54) is 18.9 Å². The summed E-state index contributed by atoms with van der Waals surface area (Å²) in [6.45, 7) is 4.11. The molecular weight excluding hydrogens is 456 g/mol. The molecule has 0 bridgehead atoms. The Balaban J connectivity index is 1.62. The van der Waals surface area contributed by atoms with E-state index in [0.717, 1.165) is 5.70 Å². The molecule has 174 valence electrons. The Hall–Kier alpha value is -2.28. The monoisotopic (exact) mass is 482 g/mol. The molecule has 0 amide bonds. The van der Waals surface area contributed by atoms with Gasteiger partial charge in [-0.15, -0.1) is 0 Å². The molecule has 1 saturated carbocycles. The first-order valence-corrected chi connectivity index (χ1v) is 12.6. The van der Waals surface area contributed by atoms with Crippen LogP contribution in [0.4, 0.5) is 0 Å². The van der Waals surface area contributed by atoms with Gasteiger partial charge in [-0.1, -0.05) is 0 Å². The summed E-state index contributed by atoms with van der Waals surface area (Å²) in [5.41, 5.74) is 1.78. The average Bonchev–Trinajstić information content (AvgIpc) is 3.27. The zero-order valence-electron chi connectivity index (χ0n) is 18.0. The Morgan fingerprint density at radius 3 is 2.81 bits per heavy atom. The molecule has 1 unspecified atom stereocenters. The highest BCUT2D eigenvalue weighted by Crippen LogP contribution is 2.40. The molecule has 12 heteroatoms. The number of nitrogens with zero attached hydrogens (tertiary/aromatic N) is 2. The number of benzene rings is 1. The van der Waals surface area contributed by atoms with Gasteiger partial charge >= 0.3 is 5.97 Å². The van der Waals surface area contributed by atoms with Crippen LogP contribution in [-0.2, 0) is 19.6 Å². The van der Waals surface area contributed by atoms with E-state index in [9.17, 15) is 18.3 Å². The third kappa shape index (κ3) is 4.32. The van der Waals surface area contributed by atoms with E-state index in [1.807, 2.05) is 6.92 Å². The van der Waals surface area contributed by atoms with E-state index < -0.39 is 16.0 Å². The fraction of sp³-hybridized carbons (Fsp3) is 0.500. The molecule has 0 saturated heterocycles. The molecule has 3 aliphatic rings. The number of carbonyl (C=O) groups is 1. The van der Waals surface area contributed by atoms with E-state index >= 15 is 0 Å². The minimum Gasteiger partial charge on any atom is -0.495 e. The first-order valence-electron chi connectivity index (χ1n) is 10.3. The molecule has 4 rings (SSSR count). The van der Waals surface area contributed by atoms with Crippen LogP contribution in [0.2, 0.25) is 0 Å². The van der Waals surface area contributed by atoms with Crippen molar-refractivity contribution in [2.24, 2.45) is 11.0 Å². The predicted octanol–water partition coefficient (Wildman–Crippen LogP) is 1.25. The van der Waals surface area contributed by atoms with Crippen molar-refractivity contribution in [1.29, 1.82) is 0 Å². The number of fused-ring (bicyclic) bond motifs is 1. The summed E-state index contributed by atoms with van der Waals surface area (Å²) >= 11 is 1.24. The molecule has 2 aliphatic heterocycles. The van der Waals surface area contributed by atoms with Gasteiger partial charge in [-0.05, 0) is 62.6 Å². The molecule has 10 nitrogen and oxygen atoms in total. The normalized spacial score (nSPS) is 24.6. The first kappa shape index (κ1) is 22.9. The molecule has 0 radical (unpaired) electrons. The molecule has 1 aliphatic carbocycles. The Morgan fingerprint density at radius 2 is 2.16 bits per heavy atom. The standard InChI is InChI=1S/C20H26N4O6S2/c1-4-30-19(26)18-23-24-17(11(2)22-20(24)31-18)13-5-6-15(29-3)16(9-13)32(27,28)21-10-12-7-14(25)8-12/h5-6,9,12,14,20-22,25H,4,7-8,10H2,1-3H3/t12-,14-,20?.